The Bertz CT molecular complexity index is 236. The van der Waals surface area contributed by atoms with Gasteiger partial charge >= 0.3 is 0 Å². The average molecular weight is 250 g/mol. The van der Waals surface area contributed by atoms with Gasteiger partial charge in [0.25, 0.3) is 0 Å². The molecule has 0 aliphatic rings. The number of ether oxygens (including phenoxy) is 1. The topological polar surface area (TPSA) is 88.7 Å². The number of methoxy groups -OCH3 is 1. The van der Waals surface area contributed by atoms with E-state index in [9.17, 15) is 4.21 Å². The van der Waals surface area contributed by atoms with Crippen molar-refractivity contribution in [3.63, 3.8) is 0 Å². The molecule has 7 heteroatoms. The second kappa shape index (κ2) is 9.56. The molecule has 4 N–H and O–H groups in total. The third-order valence-electron chi connectivity index (χ3n) is 1.80. The first-order chi connectivity index (χ1) is 7.60. The Labute approximate surface area is 99.5 Å². The van der Waals surface area contributed by atoms with E-state index in [1.165, 1.54) is 0 Å². The predicted octanol–water partition coefficient (Wildman–Crippen LogP) is -0.801. The maximum Gasteiger partial charge on any atom is 0.206 e. The third-order valence-corrected chi connectivity index (χ3v) is 2.66. The van der Waals surface area contributed by atoms with Gasteiger partial charge in [0.05, 0.1) is 6.61 Å². The van der Waals surface area contributed by atoms with Crippen molar-refractivity contribution in [1.29, 1.82) is 0 Å². The van der Waals surface area contributed by atoms with Gasteiger partial charge in [-0.3, -0.25) is 14.6 Å². The molecule has 0 amide bonds. The van der Waals surface area contributed by atoms with E-state index < -0.39 is 10.8 Å². The monoisotopic (exact) mass is 250 g/mol. The maximum atomic E-state index is 10.8. The maximum absolute atomic E-state index is 10.8. The molecule has 2 unspecified atom stereocenters. The molecule has 0 aliphatic heterocycles. The first-order valence-corrected chi connectivity index (χ1v) is 6.89. The molecule has 0 fully saturated rings. The fourth-order valence-corrected chi connectivity index (χ4v) is 1.65. The number of nitrogens with one attached hydrogen (secondary N) is 2. The Morgan fingerprint density at radius 2 is 2.31 bits per heavy atom. The van der Waals surface area contributed by atoms with Crippen LogP contribution in [-0.4, -0.2) is 48.5 Å². The minimum Gasteiger partial charge on any atom is -0.383 e. The van der Waals surface area contributed by atoms with Gasteiger partial charge in [-0.1, -0.05) is 0 Å². The first-order valence-electron chi connectivity index (χ1n) is 5.16. The molecule has 0 heterocycles. The van der Waals surface area contributed by atoms with E-state index >= 15 is 0 Å². The number of aliphatic imine (C=N–C) groups is 1. The fraction of sp³-hybridized carbons (Fsp3) is 0.889. The van der Waals surface area contributed by atoms with E-state index in [1.807, 2.05) is 6.92 Å². The van der Waals surface area contributed by atoms with E-state index in [0.717, 1.165) is 6.42 Å². The van der Waals surface area contributed by atoms with Gasteiger partial charge in [0.2, 0.25) is 5.96 Å². The van der Waals surface area contributed by atoms with E-state index in [4.69, 9.17) is 10.6 Å². The molecule has 96 valence electrons. The van der Waals surface area contributed by atoms with Gasteiger partial charge in [-0.05, 0) is 13.3 Å². The largest absolute Gasteiger partial charge is 0.383 e. The summed E-state index contributed by atoms with van der Waals surface area (Å²) in [5.74, 6) is 6.51. The quantitative estimate of drug-likeness (QED) is 0.181. The van der Waals surface area contributed by atoms with Crippen molar-refractivity contribution < 1.29 is 8.95 Å². The molecule has 0 radical (unpaired) electrons. The summed E-state index contributed by atoms with van der Waals surface area (Å²) in [6, 6.07) is 0.139. The second-order valence-electron chi connectivity index (χ2n) is 3.51. The molecule has 16 heavy (non-hydrogen) atoms. The average Bonchev–Trinajstić information content (AvgIpc) is 2.22. The van der Waals surface area contributed by atoms with Crippen LogP contribution in [0.5, 0.6) is 0 Å². The van der Waals surface area contributed by atoms with Crippen LogP contribution < -0.4 is 16.6 Å². The van der Waals surface area contributed by atoms with Crippen molar-refractivity contribution in [2.75, 3.05) is 32.3 Å². The number of nitrogens with zero attached hydrogens (tertiary/aromatic N) is 1. The van der Waals surface area contributed by atoms with E-state index in [1.54, 1.807) is 13.4 Å². The van der Waals surface area contributed by atoms with Crippen LogP contribution in [0.25, 0.3) is 0 Å². The summed E-state index contributed by atoms with van der Waals surface area (Å²) in [5.41, 5.74) is 2.49. The summed E-state index contributed by atoms with van der Waals surface area (Å²) >= 11 is 0. The molecule has 0 aromatic heterocycles. The minimum absolute atomic E-state index is 0.139. The van der Waals surface area contributed by atoms with Crippen LogP contribution in [0.1, 0.15) is 13.3 Å². The fourth-order valence-electron chi connectivity index (χ4n) is 1.12. The molecule has 0 rings (SSSR count). The second-order valence-corrected chi connectivity index (χ2v) is 5.06. The van der Waals surface area contributed by atoms with Crippen LogP contribution in [0, 0.1) is 0 Å². The minimum atomic E-state index is -0.757. The number of nitrogens with two attached hydrogens (primary N) is 1. The van der Waals surface area contributed by atoms with Crippen molar-refractivity contribution in [3.8, 4) is 0 Å². The lowest BCUT2D eigenvalue weighted by Crippen LogP contribution is -2.46. The van der Waals surface area contributed by atoms with Gasteiger partial charge in [0.15, 0.2) is 0 Å². The predicted molar refractivity (Wildman–Crippen MR) is 67.6 cm³/mol. The normalized spacial score (nSPS) is 15.6. The van der Waals surface area contributed by atoms with Gasteiger partial charge in [-0.15, -0.1) is 0 Å². The Kier molecular flexibility index (Phi) is 9.16. The summed E-state index contributed by atoms with van der Waals surface area (Å²) < 4.78 is 15.8. The molecule has 0 aromatic carbocycles. The van der Waals surface area contributed by atoms with Gasteiger partial charge < -0.3 is 10.1 Å². The zero-order valence-corrected chi connectivity index (χ0v) is 11.0. The number of hydrogen-bond donors (Lipinski definition) is 3. The van der Waals surface area contributed by atoms with Crippen LogP contribution in [0.2, 0.25) is 0 Å². The van der Waals surface area contributed by atoms with Crippen LogP contribution in [0.4, 0.5) is 0 Å². The number of guanidine groups is 1. The molecule has 0 spiro atoms. The standard InChI is InChI=1S/C9H22N4O2S/c1-8(7-15-2)12-9(13-10)11-5-4-6-16(3)14/h8H,4-7,10H2,1-3H3,(H2,11,12,13). The van der Waals surface area contributed by atoms with Gasteiger partial charge in [0.1, 0.15) is 0 Å². The van der Waals surface area contributed by atoms with Crippen LogP contribution in [0.15, 0.2) is 4.99 Å². The van der Waals surface area contributed by atoms with Crippen molar-refractivity contribution >= 4 is 16.8 Å². The zero-order valence-electron chi connectivity index (χ0n) is 10.2. The molecule has 0 bridgehead atoms. The summed E-state index contributed by atoms with van der Waals surface area (Å²) in [4.78, 5) is 4.22. The van der Waals surface area contributed by atoms with Crippen molar-refractivity contribution in [3.05, 3.63) is 0 Å². The summed E-state index contributed by atoms with van der Waals surface area (Å²) in [6.07, 6.45) is 2.47. The zero-order chi connectivity index (χ0) is 12.4. The molecule has 6 nitrogen and oxygen atoms in total. The third kappa shape index (κ3) is 8.63. The number of rotatable bonds is 7. The Morgan fingerprint density at radius 1 is 1.62 bits per heavy atom. The molecule has 0 saturated carbocycles. The van der Waals surface area contributed by atoms with Gasteiger partial charge in [0, 0.05) is 42.5 Å². The van der Waals surface area contributed by atoms with Gasteiger partial charge in [-0.2, -0.15) is 0 Å². The molecule has 0 aromatic rings. The van der Waals surface area contributed by atoms with E-state index in [2.05, 4.69) is 15.7 Å². The van der Waals surface area contributed by atoms with Crippen molar-refractivity contribution in [2.45, 2.75) is 19.4 Å². The SMILES string of the molecule is COCC(C)NC(=NCCCS(C)=O)NN. The lowest BCUT2D eigenvalue weighted by Gasteiger charge is -2.15. The molecule has 0 saturated heterocycles. The summed E-state index contributed by atoms with van der Waals surface area (Å²) in [6.45, 7) is 3.16. The lowest BCUT2D eigenvalue weighted by molar-refractivity contribution is 0.179. The highest BCUT2D eigenvalue weighted by Crippen LogP contribution is 1.87. The van der Waals surface area contributed by atoms with E-state index in [0.29, 0.717) is 24.9 Å². The van der Waals surface area contributed by atoms with Crippen molar-refractivity contribution in [1.82, 2.24) is 10.7 Å². The molecule has 2 atom stereocenters. The summed E-state index contributed by atoms with van der Waals surface area (Å²) in [5, 5.41) is 3.07. The molecule has 0 aliphatic carbocycles. The number of hydrazine groups is 1. The number of hydrogen-bond acceptors (Lipinski definition) is 4. The van der Waals surface area contributed by atoms with E-state index in [-0.39, 0.29) is 6.04 Å². The van der Waals surface area contributed by atoms with Crippen molar-refractivity contribution in [2.24, 2.45) is 10.8 Å². The smallest absolute Gasteiger partial charge is 0.206 e. The highest BCUT2D eigenvalue weighted by atomic mass is 32.2. The van der Waals surface area contributed by atoms with Crippen LogP contribution in [0.3, 0.4) is 0 Å². The van der Waals surface area contributed by atoms with Gasteiger partial charge in [-0.25, -0.2) is 5.84 Å². The molecular weight excluding hydrogens is 228 g/mol. The highest BCUT2D eigenvalue weighted by molar-refractivity contribution is 7.84. The molecular formula is C9H22N4O2S. The van der Waals surface area contributed by atoms with Crippen LogP contribution >= 0.6 is 0 Å². The summed E-state index contributed by atoms with van der Waals surface area (Å²) in [7, 11) is 0.883. The Balaban J connectivity index is 3.87. The van der Waals surface area contributed by atoms with Crippen LogP contribution in [-0.2, 0) is 15.5 Å². The Morgan fingerprint density at radius 3 is 2.81 bits per heavy atom. The first kappa shape index (κ1) is 15.3. The lowest BCUT2D eigenvalue weighted by atomic mass is 10.4. The highest BCUT2D eigenvalue weighted by Gasteiger charge is 2.03. The Hall–Kier alpha value is -0.660.